The molecular weight excluding hydrogens is 494 g/mol. The Hall–Kier alpha value is -4.98. The van der Waals surface area contributed by atoms with Crippen LogP contribution in [0.3, 0.4) is 0 Å². The van der Waals surface area contributed by atoms with Crippen molar-refractivity contribution in [1.82, 2.24) is 9.88 Å². The second-order valence-electron chi connectivity index (χ2n) is 9.03. The van der Waals surface area contributed by atoms with Crippen LogP contribution in [0.2, 0.25) is 0 Å². The summed E-state index contributed by atoms with van der Waals surface area (Å²) in [6.45, 7) is 0.112. The first kappa shape index (κ1) is 25.7. The number of methoxy groups -OCH3 is 2. The first-order chi connectivity index (χ1) is 19.1. The zero-order valence-electron chi connectivity index (χ0n) is 21.7. The monoisotopic (exact) mass is 523 g/mol. The number of para-hydroxylation sites is 1. The van der Waals surface area contributed by atoms with Gasteiger partial charge < -0.3 is 29.1 Å². The summed E-state index contributed by atoms with van der Waals surface area (Å²) in [7, 11) is 3.16. The third-order valence-electron chi connectivity index (χ3n) is 6.59. The van der Waals surface area contributed by atoms with Gasteiger partial charge in [-0.2, -0.15) is 0 Å². The van der Waals surface area contributed by atoms with Crippen molar-refractivity contribution in [2.24, 2.45) is 0 Å². The molecule has 0 aliphatic rings. The van der Waals surface area contributed by atoms with E-state index in [0.717, 1.165) is 16.5 Å². The minimum absolute atomic E-state index is 0.104. The van der Waals surface area contributed by atoms with Crippen LogP contribution in [0.1, 0.15) is 22.9 Å². The molecule has 5 rings (SSSR count). The van der Waals surface area contributed by atoms with Gasteiger partial charge in [0.2, 0.25) is 5.91 Å². The number of aromatic nitrogens is 1. The molecule has 3 aromatic carbocycles. The fraction of sp³-hybridized carbons (Fsp3) is 0.161. The molecule has 8 nitrogen and oxygen atoms in total. The highest BCUT2D eigenvalue weighted by atomic mass is 16.5. The summed E-state index contributed by atoms with van der Waals surface area (Å²) in [6, 6.07) is 24.6. The smallest absolute Gasteiger partial charge is 0.251 e. The van der Waals surface area contributed by atoms with Gasteiger partial charge >= 0.3 is 0 Å². The fourth-order valence-electron chi connectivity index (χ4n) is 4.58. The van der Waals surface area contributed by atoms with Crippen molar-refractivity contribution in [1.29, 1.82) is 0 Å². The van der Waals surface area contributed by atoms with E-state index in [1.807, 2.05) is 30.5 Å². The molecule has 5 aromatic rings. The minimum Gasteiger partial charge on any atom is -0.497 e. The molecule has 8 heteroatoms. The summed E-state index contributed by atoms with van der Waals surface area (Å²) in [5.74, 6) is 1.31. The molecule has 0 fully saturated rings. The lowest BCUT2D eigenvalue weighted by Crippen LogP contribution is -2.41. The average molecular weight is 524 g/mol. The Labute approximate surface area is 226 Å². The van der Waals surface area contributed by atoms with Crippen molar-refractivity contribution < 1.29 is 23.5 Å². The Balaban J connectivity index is 1.52. The van der Waals surface area contributed by atoms with Gasteiger partial charge in [-0.25, -0.2) is 0 Å². The molecule has 39 heavy (non-hydrogen) atoms. The van der Waals surface area contributed by atoms with Gasteiger partial charge in [-0.05, 0) is 65.7 Å². The van der Waals surface area contributed by atoms with E-state index in [1.54, 1.807) is 86.0 Å². The number of furan rings is 1. The SMILES string of the molecule is COc1ccc(NC(=O)[C@@H](c2ccc(OC)cc2)N(Cc2ccco2)C(=O)Cc2c[nH]c3ccccc23)cc1. The predicted octanol–water partition coefficient (Wildman–Crippen LogP) is 5.73. The van der Waals surface area contributed by atoms with Crippen molar-refractivity contribution in [3.05, 3.63) is 114 Å². The van der Waals surface area contributed by atoms with Crippen LogP contribution in [0.15, 0.2) is 102 Å². The fourth-order valence-corrected chi connectivity index (χ4v) is 4.58. The van der Waals surface area contributed by atoms with Crippen LogP contribution in [0.4, 0.5) is 5.69 Å². The average Bonchev–Trinajstić information content (AvgIpc) is 3.64. The maximum absolute atomic E-state index is 14.0. The number of aromatic amines is 1. The van der Waals surface area contributed by atoms with Crippen molar-refractivity contribution in [2.45, 2.75) is 19.0 Å². The van der Waals surface area contributed by atoms with Gasteiger partial charge in [-0.1, -0.05) is 30.3 Å². The van der Waals surface area contributed by atoms with E-state index in [9.17, 15) is 9.59 Å². The lowest BCUT2D eigenvalue weighted by atomic mass is 10.0. The number of benzene rings is 3. The van der Waals surface area contributed by atoms with Crippen LogP contribution in [0, 0.1) is 0 Å². The second-order valence-corrected chi connectivity index (χ2v) is 9.03. The zero-order valence-corrected chi connectivity index (χ0v) is 21.7. The normalized spacial score (nSPS) is 11.6. The number of hydrogen-bond donors (Lipinski definition) is 2. The predicted molar refractivity (Wildman–Crippen MR) is 149 cm³/mol. The van der Waals surface area contributed by atoms with Crippen LogP contribution < -0.4 is 14.8 Å². The molecule has 0 saturated carbocycles. The number of amides is 2. The van der Waals surface area contributed by atoms with Gasteiger partial charge in [-0.3, -0.25) is 9.59 Å². The number of hydrogen-bond acceptors (Lipinski definition) is 5. The molecule has 0 saturated heterocycles. The van der Waals surface area contributed by atoms with E-state index in [0.29, 0.717) is 28.5 Å². The van der Waals surface area contributed by atoms with Gasteiger partial charge in [0.1, 0.15) is 23.3 Å². The minimum atomic E-state index is -0.944. The summed E-state index contributed by atoms with van der Waals surface area (Å²) in [4.78, 5) is 32.7. The summed E-state index contributed by atoms with van der Waals surface area (Å²) in [5, 5.41) is 3.93. The third-order valence-corrected chi connectivity index (χ3v) is 6.59. The summed E-state index contributed by atoms with van der Waals surface area (Å²) < 4.78 is 16.2. The third kappa shape index (κ3) is 5.80. The number of anilines is 1. The standard InChI is InChI=1S/C31H29N3O5/c1-37-24-13-9-21(10-14-24)30(31(36)33-23-11-15-25(38-2)16-12-23)34(20-26-6-5-17-39-26)29(35)18-22-19-32-28-8-4-3-7-27(22)28/h3-17,19,30,32H,18,20H2,1-2H3,(H,33,36)/t30-/m1/s1. The molecule has 198 valence electrons. The van der Waals surface area contributed by atoms with Gasteiger partial charge in [0, 0.05) is 22.8 Å². The maximum Gasteiger partial charge on any atom is 0.251 e. The zero-order chi connectivity index (χ0) is 27.2. The van der Waals surface area contributed by atoms with Gasteiger partial charge in [0.15, 0.2) is 0 Å². The maximum atomic E-state index is 14.0. The lowest BCUT2D eigenvalue weighted by molar-refractivity contribution is -0.139. The number of nitrogens with zero attached hydrogens (tertiary/aromatic N) is 1. The summed E-state index contributed by atoms with van der Waals surface area (Å²) >= 11 is 0. The molecule has 0 bridgehead atoms. The van der Waals surface area contributed by atoms with E-state index in [1.165, 1.54) is 0 Å². The highest BCUT2D eigenvalue weighted by molar-refractivity contribution is 5.98. The first-order valence-corrected chi connectivity index (χ1v) is 12.5. The molecule has 0 aliphatic heterocycles. The van der Waals surface area contributed by atoms with E-state index < -0.39 is 6.04 Å². The number of rotatable bonds is 10. The van der Waals surface area contributed by atoms with Crippen LogP contribution in [0.5, 0.6) is 11.5 Å². The van der Waals surface area contributed by atoms with Gasteiger partial charge in [-0.15, -0.1) is 0 Å². The van der Waals surface area contributed by atoms with Crippen molar-refractivity contribution in [3.8, 4) is 11.5 Å². The highest BCUT2D eigenvalue weighted by Crippen LogP contribution is 2.29. The quantitative estimate of drug-likeness (QED) is 0.244. The molecular formula is C31H29N3O5. The number of carbonyl (C=O) groups is 2. The van der Waals surface area contributed by atoms with Crippen molar-refractivity contribution >= 4 is 28.4 Å². The van der Waals surface area contributed by atoms with E-state index in [4.69, 9.17) is 13.9 Å². The number of carbonyl (C=O) groups excluding carboxylic acids is 2. The Bertz CT molecular complexity index is 1540. The summed E-state index contributed by atoms with van der Waals surface area (Å²) in [5.41, 5.74) is 3.02. The number of H-pyrrole nitrogens is 1. The van der Waals surface area contributed by atoms with Gasteiger partial charge in [0.25, 0.3) is 5.91 Å². The van der Waals surface area contributed by atoms with E-state index in [2.05, 4.69) is 10.3 Å². The Morgan fingerprint density at radius 2 is 1.59 bits per heavy atom. The highest BCUT2D eigenvalue weighted by Gasteiger charge is 2.33. The van der Waals surface area contributed by atoms with Crippen molar-refractivity contribution in [3.63, 3.8) is 0 Å². The number of nitrogens with one attached hydrogen (secondary N) is 2. The Morgan fingerprint density at radius 3 is 2.26 bits per heavy atom. The molecule has 0 spiro atoms. The second kappa shape index (κ2) is 11.6. The number of ether oxygens (including phenoxy) is 2. The van der Waals surface area contributed by atoms with Crippen LogP contribution >= 0.6 is 0 Å². The van der Waals surface area contributed by atoms with Crippen molar-refractivity contribution in [2.75, 3.05) is 19.5 Å². The van der Waals surface area contributed by atoms with Crippen LogP contribution in [-0.4, -0.2) is 35.9 Å². The molecule has 2 heterocycles. The Kier molecular flexibility index (Phi) is 7.63. The lowest BCUT2D eigenvalue weighted by Gasteiger charge is -2.31. The van der Waals surface area contributed by atoms with E-state index in [-0.39, 0.29) is 24.8 Å². The largest absolute Gasteiger partial charge is 0.497 e. The van der Waals surface area contributed by atoms with E-state index >= 15 is 0 Å². The molecule has 2 N–H and O–H groups in total. The van der Waals surface area contributed by atoms with Crippen LogP contribution in [-0.2, 0) is 22.6 Å². The molecule has 2 aromatic heterocycles. The van der Waals surface area contributed by atoms with Crippen LogP contribution in [0.25, 0.3) is 10.9 Å². The molecule has 0 aliphatic carbocycles. The topological polar surface area (TPSA) is 96.8 Å². The van der Waals surface area contributed by atoms with Gasteiger partial charge in [0.05, 0.1) is 33.4 Å². The molecule has 0 radical (unpaired) electrons. The Morgan fingerprint density at radius 1 is 0.897 bits per heavy atom. The molecule has 1 atom stereocenters. The summed E-state index contributed by atoms with van der Waals surface area (Å²) in [6.07, 6.45) is 3.50. The molecule has 0 unspecified atom stereocenters. The first-order valence-electron chi connectivity index (χ1n) is 12.5. The molecule has 2 amide bonds. The number of fused-ring (bicyclic) bond motifs is 1.